The maximum Gasteiger partial charge on any atom is 0.233 e. The van der Waals surface area contributed by atoms with Gasteiger partial charge in [0.05, 0.1) is 16.6 Å². The van der Waals surface area contributed by atoms with Gasteiger partial charge in [0.2, 0.25) is 5.91 Å². The lowest BCUT2D eigenvalue weighted by Gasteiger charge is -2.15. The highest BCUT2D eigenvalue weighted by Crippen LogP contribution is 2.23. The van der Waals surface area contributed by atoms with Crippen LogP contribution in [0.2, 0.25) is 4.34 Å². The summed E-state index contributed by atoms with van der Waals surface area (Å²) in [6, 6.07) is 11.9. The minimum Gasteiger partial charge on any atom is -0.340 e. The second-order valence-corrected chi connectivity index (χ2v) is 8.31. The zero-order valence-electron chi connectivity index (χ0n) is 13.8. The fourth-order valence-electron chi connectivity index (χ4n) is 2.20. The molecule has 3 rings (SSSR count). The molecule has 0 spiro atoms. The maximum atomic E-state index is 12.4. The predicted octanol–water partition coefficient (Wildman–Crippen LogP) is 4.04. The van der Waals surface area contributed by atoms with Crippen LogP contribution in [0.25, 0.3) is 5.69 Å². The van der Waals surface area contributed by atoms with Crippen LogP contribution in [-0.4, -0.2) is 38.4 Å². The highest BCUT2D eigenvalue weighted by atomic mass is 35.5. The van der Waals surface area contributed by atoms with E-state index in [9.17, 15) is 4.79 Å². The van der Waals surface area contributed by atoms with E-state index in [-0.39, 0.29) is 5.91 Å². The molecule has 130 valence electrons. The van der Waals surface area contributed by atoms with Crippen molar-refractivity contribution >= 4 is 40.6 Å². The van der Waals surface area contributed by atoms with Gasteiger partial charge in [-0.1, -0.05) is 41.1 Å². The molecule has 0 bridgehead atoms. The van der Waals surface area contributed by atoms with E-state index in [1.165, 1.54) is 28.7 Å². The number of carbonyl (C=O) groups is 1. The average Bonchev–Trinajstić information content (AvgIpc) is 3.22. The third-order valence-electron chi connectivity index (χ3n) is 3.60. The van der Waals surface area contributed by atoms with E-state index in [1.54, 1.807) is 18.3 Å². The first-order valence-corrected chi connectivity index (χ1v) is 9.79. The summed E-state index contributed by atoms with van der Waals surface area (Å²) in [6.07, 6.45) is 1.66. The van der Waals surface area contributed by atoms with Gasteiger partial charge in [0, 0.05) is 17.6 Å². The number of nitrogens with zero attached hydrogens (tertiary/aromatic N) is 4. The third kappa shape index (κ3) is 4.62. The Bertz CT molecular complexity index is 860. The zero-order chi connectivity index (χ0) is 17.8. The number of benzene rings is 1. The number of thioether (sulfide) groups is 1. The van der Waals surface area contributed by atoms with E-state index in [0.717, 1.165) is 14.9 Å². The molecule has 8 heteroatoms. The van der Waals surface area contributed by atoms with Gasteiger partial charge < -0.3 is 4.90 Å². The molecule has 1 amide bonds. The molecule has 0 saturated carbocycles. The fraction of sp³-hybridized carbons (Fsp3) is 0.235. The van der Waals surface area contributed by atoms with Crippen molar-refractivity contribution in [3.63, 3.8) is 0 Å². The number of amides is 1. The van der Waals surface area contributed by atoms with Crippen LogP contribution >= 0.6 is 34.7 Å². The number of thiophene rings is 1. The normalized spacial score (nSPS) is 10.8. The van der Waals surface area contributed by atoms with Crippen LogP contribution in [-0.2, 0) is 11.3 Å². The molecule has 0 saturated heterocycles. The Morgan fingerprint density at radius 1 is 1.28 bits per heavy atom. The van der Waals surface area contributed by atoms with Crippen LogP contribution in [0, 0.1) is 6.92 Å². The lowest BCUT2D eigenvalue weighted by molar-refractivity contribution is -0.127. The van der Waals surface area contributed by atoms with E-state index in [4.69, 9.17) is 11.6 Å². The zero-order valence-corrected chi connectivity index (χ0v) is 16.2. The van der Waals surface area contributed by atoms with Crippen molar-refractivity contribution in [3.8, 4) is 5.69 Å². The molecule has 25 heavy (non-hydrogen) atoms. The van der Waals surface area contributed by atoms with Crippen LogP contribution in [0.1, 0.15) is 10.4 Å². The largest absolute Gasteiger partial charge is 0.340 e. The summed E-state index contributed by atoms with van der Waals surface area (Å²) >= 11 is 8.80. The van der Waals surface area contributed by atoms with Crippen LogP contribution in [0.5, 0.6) is 0 Å². The van der Waals surface area contributed by atoms with Crippen molar-refractivity contribution in [2.45, 2.75) is 18.6 Å². The molecule has 5 nitrogen and oxygen atoms in total. The lowest BCUT2D eigenvalue weighted by atomic mass is 10.2. The summed E-state index contributed by atoms with van der Waals surface area (Å²) in [4.78, 5) is 15.1. The van der Waals surface area contributed by atoms with Gasteiger partial charge in [-0.05, 0) is 31.2 Å². The standard InChI is InChI=1S/C17H17ClN4OS2/c1-12-3-5-13(6-4-12)22-11-19-20-17(22)24-10-16(23)21(2)9-14-7-8-15(18)25-14/h3-8,11H,9-10H2,1-2H3. The Kier molecular flexibility index (Phi) is 5.78. The number of hydrogen-bond acceptors (Lipinski definition) is 5. The first-order valence-electron chi connectivity index (χ1n) is 7.61. The quantitative estimate of drug-likeness (QED) is 0.594. The summed E-state index contributed by atoms with van der Waals surface area (Å²) in [5.74, 6) is 0.341. The van der Waals surface area contributed by atoms with Crippen molar-refractivity contribution in [1.29, 1.82) is 0 Å². The molecule has 2 aromatic heterocycles. The Hall–Kier alpha value is -1.83. The Balaban J connectivity index is 1.61. The topological polar surface area (TPSA) is 51.0 Å². The van der Waals surface area contributed by atoms with Gasteiger partial charge in [0.1, 0.15) is 6.33 Å². The molecule has 0 unspecified atom stereocenters. The molecule has 0 N–H and O–H groups in total. The second kappa shape index (κ2) is 8.03. The molecule has 2 heterocycles. The summed E-state index contributed by atoms with van der Waals surface area (Å²) in [6.45, 7) is 2.60. The van der Waals surface area contributed by atoms with E-state index in [2.05, 4.69) is 10.2 Å². The molecule has 3 aromatic rings. The van der Waals surface area contributed by atoms with Crippen molar-refractivity contribution in [1.82, 2.24) is 19.7 Å². The van der Waals surface area contributed by atoms with Gasteiger partial charge in [-0.15, -0.1) is 21.5 Å². The number of halogens is 1. The summed E-state index contributed by atoms with van der Waals surface area (Å²) in [7, 11) is 1.79. The first-order chi connectivity index (χ1) is 12.0. The van der Waals surface area contributed by atoms with E-state index in [0.29, 0.717) is 17.5 Å². The summed E-state index contributed by atoms with van der Waals surface area (Å²) in [5.41, 5.74) is 2.17. The number of carbonyl (C=O) groups excluding carboxylic acids is 1. The van der Waals surface area contributed by atoms with Gasteiger partial charge in [0.25, 0.3) is 0 Å². The van der Waals surface area contributed by atoms with Gasteiger partial charge in [-0.25, -0.2) is 0 Å². The minimum absolute atomic E-state index is 0.0352. The van der Waals surface area contributed by atoms with E-state index >= 15 is 0 Å². The third-order valence-corrected chi connectivity index (χ3v) is 5.74. The summed E-state index contributed by atoms with van der Waals surface area (Å²) in [5, 5.41) is 8.79. The van der Waals surface area contributed by atoms with Gasteiger partial charge in [-0.3, -0.25) is 9.36 Å². The second-order valence-electron chi connectivity index (χ2n) is 5.56. The number of hydrogen-bond donors (Lipinski definition) is 0. The first kappa shape index (κ1) is 18.0. The monoisotopic (exact) mass is 392 g/mol. The molecule has 0 aliphatic carbocycles. The van der Waals surface area contributed by atoms with E-state index in [1.807, 2.05) is 47.9 Å². The van der Waals surface area contributed by atoms with Gasteiger partial charge in [0.15, 0.2) is 5.16 Å². The molecule has 0 fully saturated rings. The van der Waals surface area contributed by atoms with Gasteiger partial charge in [-0.2, -0.15) is 0 Å². The number of aryl methyl sites for hydroxylation is 1. The molecular weight excluding hydrogens is 376 g/mol. The molecule has 0 atom stereocenters. The van der Waals surface area contributed by atoms with Crippen molar-refractivity contribution in [2.75, 3.05) is 12.8 Å². The molecule has 0 aliphatic heterocycles. The predicted molar refractivity (Wildman–Crippen MR) is 103 cm³/mol. The molecular formula is C17H17ClN4OS2. The number of aromatic nitrogens is 3. The van der Waals surface area contributed by atoms with Crippen LogP contribution in [0.3, 0.4) is 0 Å². The Morgan fingerprint density at radius 3 is 2.72 bits per heavy atom. The number of rotatable bonds is 6. The van der Waals surface area contributed by atoms with E-state index < -0.39 is 0 Å². The van der Waals surface area contributed by atoms with Crippen LogP contribution < -0.4 is 0 Å². The smallest absolute Gasteiger partial charge is 0.233 e. The Labute approximate surface area is 159 Å². The van der Waals surface area contributed by atoms with Crippen LogP contribution in [0.4, 0.5) is 0 Å². The summed E-state index contributed by atoms with van der Waals surface area (Å²) < 4.78 is 2.62. The van der Waals surface area contributed by atoms with Crippen molar-refractivity contribution in [3.05, 3.63) is 57.5 Å². The van der Waals surface area contributed by atoms with Crippen LogP contribution in [0.15, 0.2) is 47.9 Å². The molecule has 0 radical (unpaired) electrons. The van der Waals surface area contributed by atoms with Crippen molar-refractivity contribution < 1.29 is 4.79 Å². The highest BCUT2D eigenvalue weighted by Gasteiger charge is 2.14. The maximum absolute atomic E-state index is 12.4. The fourth-order valence-corrected chi connectivity index (χ4v) is 4.21. The lowest BCUT2D eigenvalue weighted by Crippen LogP contribution is -2.27. The SMILES string of the molecule is Cc1ccc(-n2cnnc2SCC(=O)N(C)Cc2ccc(Cl)s2)cc1. The molecule has 1 aromatic carbocycles. The van der Waals surface area contributed by atoms with Crippen molar-refractivity contribution in [2.24, 2.45) is 0 Å². The molecule has 0 aliphatic rings. The average molecular weight is 393 g/mol. The van der Waals surface area contributed by atoms with Gasteiger partial charge >= 0.3 is 0 Å². The highest BCUT2D eigenvalue weighted by molar-refractivity contribution is 7.99. The minimum atomic E-state index is 0.0352. The Morgan fingerprint density at radius 2 is 2.04 bits per heavy atom.